The molecule has 29 heavy (non-hydrogen) atoms. The first kappa shape index (κ1) is 22.3. The quantitative estimate of drug-likeness (QED) is 0.344. The van der Waals surface area contributed by atoms with Gasteiger partial charge in [-0.05, 0) is 108 Å². The number of fused-ring (bicyclic) bond motifs is 1. The normalized spacial score (nSPS) is 33.6. The summed E-state index contributed by atoms with van der Waals surface area (Å²) >= 11 is 0. The van der Waals surface area contributed by atoms with Crippen LogP contribution in [0.3, 0.4) is 0 Å². The van der Waals surface area contributed by atoms with Gasteiger partial charge in [-0.3, -0.25) is 0 Å². The summed E-state index contributed by atoms with van der Waals surface area (Å²) in [4.78, 5) is 0. The molecular formula is C28H42O. The van der Waals surface area contributed by atoms with E-state index >= 15 is 0 Å². The largest absolute Gasteiger partial charge is 0.390 e. The minimum Gasteiger partial charge on any atom is -0.390 e. The summed E-state index contributed by atoms with van der Waals surface area (Å²) in [7, 11) is 0. The molecule has 3 aliphatic carbocycles. The molecule has 1 N–H and O–H groups in total. The monoisotopic (exact) mass is 394 g/mol. The Bertz CT molecular complexity index is 684. The third kappa shape index (κ3) is 5.43. The molecule has 1 heteroatoms. The lowest BCUT2D eigenvalue weighted by Gasteiger charge is -2.42. The molecule has 0 heterocycles. The number of allylic oxidation sites excluding steroid dienone is 8. The fourth-order valence-electron chi connectivity index (χ4n) is 5.99. The Labute approximate surface area is 179 Å². The highest BCUT2D eigenvalue weighted by molar-refractivity contribution is 5.36. The lowest BCUT2D eigenvalue weighted by Crippen LogP contribution is -2.33. The van der Waals surface area contributed by atoms with Gasteiger partial charge in [0.15, 0.2) is 0 Å². The van der Waals surface area contributed by atoms with Gasteiger partial charge >= 0.3 is 0 Å². The van der Waals surface area contributed by atoms with Crippen molar-refractivity contribution < 1.29 is 5.11 Å². The Morgan fingerprint density at radius 2 is 1.90 bits per heavy atom. The minimum atomic E-state index is -0.546. The average molecular weight is 395 g/mol. The van der Waals surface area contributed by atoms with E-state index in [4.69, 9.17) is 0 Å². The summed E-state index contributed by atoms with van der Waals surface area (Å²) in [5.41, 5.74) is 4.20. The Morgan fingerprint density at radius 1 is 1.10 bits per heavy atom. The molecule has 0 amide bonds. The van der Waals surface area contributed by atoms with E-state index in [1.165, 1.54) is 68.9 Å². The molecule has 3 aliphatic rings. The summed E-state index contributed by atoms with van der Waals surface area (Å²) in [6.45, 7) is 12.4. The predicted molar refractivity (Wildman–Crippen MR) is 126 cm³/mol. The number of hydrogen-bond donors (Lipinski definition) is 1. The van der Waals surface area contributed by atoms with E-state index in [-0.39, 0.29) is 5.41 Å². The van der Waals surface area contributed by atoms with Crippen LogP contribution in [0.25, 0.3) is 0 Å². The van der Waals surface area contributed by atoms with Gasteiger partial charge in [-0.1, -0.05) is 48.1 Å². The molecule has 0 aliphatic heterocycles. The molecule has 0 aromatic carbocycles. The predicted octanol–water partition coefficient (Wildman–Crippen LogP) is 7.85. The van der Waals surface area contributed by atoms with E-state index in [0.29, 0.717) is 11.8 Å². The molecule has 3 rings (SSSR count). The van der Waals surface area contributed by atoms with Crippen LogP contribution in [0.2, 0.25) is 0 Å². The van der Waals surface area contributed by atoms with Crippen LogP contribution in [0.5, 0.6) is 0 Å². The number of hydrogen-bond acceptors (Lipinski definition) is 1. The highest BCUT2D eigenvalue weighted by Crippen LogP contribution is 2.58. The Balaban J connectivity index is 1.69. The maximum atomic E-state index is 9.90. The van der Waals surface area contributed by atoms with E-state index in [2.05, 4.69) is 43.5 Å². The van der Waals surface area contributed by atoms with Crippen LogP contribution in [0.1, 0.15) is 90.9 Å². The van der Waals surface area contributed by atoms with E-state index in [1.807, 2.05) is 13.8 Å². The van der Waals surface area contributed by atoms with Crippen LogP contribution in [0.4, 0.5) is 0 Å². The van der Waals surface area contributed by atoms with Crippen molar-refractivity contribution in [2.24, 2.45) is 17.3 Å². The number of unbranched alkanes of at least 4 members (excludes halogenated alkanes) is 1. The molecule has 0 saturated heterocycles. The van der Waals surface area contributed by atoms with Crippen molar-refractivity contribution in [2.45, 2.75) is 96.5 Å². The standard InChI is InChI=1S/C28H42O/c1-5-28-21-11-14-24(17-16-23-13-9-8-12-22(23)2)26(28)19-18-25(28)15-7-6-10-20-27(3,4)29/h5,7,15-17,25-26,29H,1-2,6,8-14,18-21H2,3-4H3/b15-7?,23-16-,24-17+. The second-order valence-corrected chi connectivity index (χ2v) is 10.3. The van der Waals surface area contributed by atoms with Gasteiger partial charge in [0.2, 0.25) is 0 Å². The van der Waals surface area contributed by atoms with Crippen molar-refractivity contribution in [3.05, 3.63) is 60.3 Å². The summed E-state index contributed by atoms with van der Waals surface area (Å²) in [6, 6.07) is 0. The maximum Gasteiger partial charge on any atom is 0.0591 e. The van der Waals surface area contributed by atoms with Gasteiger partial charge in [0.1, 0.15) is 0 Å². The fourth-order valence-corrected chi connectivity index (χ4v) is 5.99. The molecule has 3 unspecified atom stereocenters. The second-order valence-electron chi connectivity index (χ2n) is 10.3. The summed E-state index contributed by atoms with van der Waals surface area (Å²) in [5, 5.41) is 9.90. The lowest BCUT2D eigenvalue weighted by molar-refractivity contribution is 0.0691. The van der Waals surface area contributed by atoms with Crippen LogP contribution in [-0.2, 0) is 0 Å². The summed E-state index contributed by atoms with van der Waals surface area (Å²) in [5.74, 6) is 1.28. The lowest BCUT2D eigenvalue weighted by atomic mass is 9.62. The summed E-state index contributed by atoms with van der Waals surface area (Å²) < 4.78 is 0. The molecular weight excluding hydrogens is 352 g/mol. The zero-order valence-electron chi connectivity index (χ0n) is 18.9. The zero-order chi connectivity index (χ0) is 20.9. The Kier molecular flexibility index (Phi) is 7.43. The first-order valence-electron chi connectivity index (χ1n) is 12.0. The molecule has 3 fully saturated rings. The van der Waals surface area contributed by atoms with Crippen molar-refractivity contribution in [3.63, 3.8) is 0 Å². The van der Waals surface area contributed by atoms with Gasteiger partial charge in [-0.2, -0.15) is 0 Å². The van der Waals surface area contributed by atoms with Crippen molar-refractivity contribution in [1.82, 2.24) is 0 Å². The summed E-state index contributed by atoms with van der Waals surface area (Å²) in [6.07, 6.45) is 26.4. The molecule has 3 saturated carbocycles. The van der Waals surface area contributed by atoms with Gasteiger partial charge in [0.25, 0.3) is 0 Å². The van der Waals surface area contributed by atoms with E-state index in [0.717, 1.165) is 19.3 Å². The number of aliphatic hydroxyl groups is 1. The molecule has 1 nitrogen and oxygen atoms in total. The fraction of sp³-hybridized carbons (Fsp3) is 0.643. The van der Waals surface area contributed by atoms with Gasteiger partial charge in [-0.25, -0.2) is 0 Å². The maximum absolute atomic E-state index is 9.90. The molecule has 0 radical (unpaired) electrons. The molecule has 0 bridgehead atoms. The topological polar surface area (TPSA) is 20.2 Å². The first-order chi connectivity index (χ1) is 13.9. The molecule has 160 valence electrons. The SMILES string of the molecule is C=CC12CCC/C(=C\C=C3\CCCCC3=C)C1CCC2C=CCCCC(C)(C)O. The third-order valence-electron chi connectivity index (χ3n) is 7.66. The van der Waals surface area contributed by atoms with Crippen molar-refractivity contribution in [2.75, 3.05) is 0 Å². The first-order valence-corrected chi connectivity index (χ1v) is 12.0. The van der Waals surface area contributed by atoms with Gasteiger partial charge in [-0.15, -0.1) is 6.58 Å². The Morgan fingerprint density at radius 3 is 2.62 bits per heavy atom. The van der Waals surface area contributed by atoms with Crippen LogP contribution in [-0.4, -0.2) is 10.7 Å². The van der Waals surface area contributed by atoms with Crippen LogP contribution >= 0.6 is 0 Å². The molecule has 0 aromatic rings. The highest BCUT2D eigenvalue weighted by Gasteiger charge is 2.49. The van der Waals surface area contributed by atoms with Crippen molar-refractivity contribution in [3.8, 4) is 0 Å². The van der Waals surface area contributed by atoms with Gasteiger partial charge in [0.05, 0.1) is 5.60 Å². The minimum absolute atomic E-state index is 0.249. The molecule has 0 spiro atoms. The smallest absolute Gasteiger partial charge is 0.0591 e. The van der Waals surface area contributed by atoms with E-state index in [1.54, 1.807) is 5.57 Å². The van der Waals surface area contributed by atoms with Crippen LogP contribution < -0.4 is 0 Å². The van der Waals surface area contributed by atoms with Crippen molar-refractivity contribution >= 4 is 0 Å². The average Bonchev–Trinajstić information content (AvgIpc) is 3.06. The van der Waals surface area contributed by atoms with E-state index < -0.39 is 5.60 Å². The second kappa shape index (κ2) is 9.65. The molecule has 3 atom stereocenters. The highest BCUT2D eigenvalue weighted by atomic mass is 16.3. The Hall–Kier alpha value is -1.34. The van der Waals surface area contributed by atoms with Gasteiger partial charge in [0, 0.05) is 5.41 Å². The molecule has 0 aromatic heterocycles. The van der Waals surface area contributed by atoms with E-state index in [9.17, 15) is 5.11 Å². The van der Waals surface area contributed by atoms with Crippen LogP contribution in [0.15, 0.2) is 60.3 Å². The number of rotatable bonds is 7. The van der Waals surface area contributed by atoms with Crippen molar-refractivity contribution in [1.29, 1.82) is 0 Å². The van der Waals surface area contributed by atoms with Crippen LogP contribution in [0, 0.1) is 17.3 Å². The van der Waals surface area contributed by atoms with Gasteiger partial charge < -0.3 is 5.11 Å². The third-order valence-corrected chi connectivity index (χ3v) is 7.66. The zero-order valence-corrected chi connectivity index (χ0v) is 18.9.